The first-order valence-corrected chi connectivity index (χ1v) is 10.0. The highest BCUT2D eigenvalue weighted by molar-refractivity contribution is 7.77. The van der Waals surface area contributed by atoms with E-state index in [1.165, 1.54) is 0 Å². The van der Waals surface area contributed by atoms with Crippen LogP contribution >= 0.6 is 34.9 Å². The number of benzene rings is 2. The van der Waals surface area contributed by atoms with E-state index in [-0.39, 0.29) is 17.3 Å². The van der Waals surface area contributed by atoms with Crippen LogP contribution in [0.1, 0.15) is 43.2 Å². The standard InChI is InChI=1S/C19H16O2S3/c1-19(2)7-8-3-4-11(19)15-14(8)16(20)9-5-12-13(24-18(22)23-12)6-10(9)17(15)21/h3-6,8,11,20-21H,7H2,1-2H3. The minimum Gasteiger partial charge on any atom is -0.507 e. The summed E-state index contributed by atoms with van der Waals surface area (Å²) in [6, 6.07) is 3.96. The second-order valence-electron chi connectivity index (χ2n) is 7.48. The van der Waals surface area contributed by atoms with Gasteiger partial charge in [0.2, 0.25) is 0 Å². The summed E-state index contributed by atoms with van der Waals surface area (Å²) in [5.41, 5.74) is 1.93. The average Bonchev–Trinajstić information content (AvgIpc) is 2.89. The largest absolute Gasteiger partial charge is 0.507 e. The molecule has 2 N–H and O–H groups in total. The van der Waals surface area contributed by atoms with Crippen molar-refractivity contribution in [2.45, 2.75) is 32.1 Å². The summed E-state index contributed by atoms with van der Waals surface area (Å²) in [6.45, 7) is 4.48. The van der Waals surface area contributed by atoms with Gasteiger partial charge in [0, 0.05) is 43.1 Å². The van der Waals surface area contributed by atoms with Gasteiger partial charge in [-0.3, -0.25) is 0 Å². The summed E-state index contributed by atoms with van der Waals surface area (Å²) in [5, 5.41) is 23.6. The summed E-state index contributed by atoms with van der Waals surface area (Å²) in [5.74, 6) is 0.978. The molecular weight excluding hydrogens is 356 g/mol. The smallest absolute Gasteiger partial charge is 0.144 e. The normalized spacial score (nSPS) is 23.9. The van der Waals surface area contributed by atoms with E-state index in [1.54, 1.807) is 22.7 Å². The van der Waals surface area contributed by atoms with E-state index in [0.29, 0.717) is 11.5 Å². The van der Waals surface area contributed by atoms with Gasteiger partial charge in [0.25, 0.3) is 0 Å². The molecule has 24 heavy (non-hydrogen) atoms. The Labute approximate surface area is 152 Å². The van der Waals surface area contributed by atoms with Crippen LogP contribution in [0, 0.1) is 8.55 Å². The van der Waals surface area contributed by atoms with Crippen LogP contribution in [0.2, 0.25) is 0 Å². The van der Waals surface area contributed by atoms with Crippen LogP contribution in [0.4, 0.5) is 0 Å². The quantitative estimate of drug-likeness (QED) is 0.272. The molecular formula is C19H16O2S3. The van der Waals surface area contributed by atoms with E-state index < -0.39 is 0 Å². The van der Waals surface area contributed by atoms with Crippen LogP contribution in [0.15, 0.2) is 24.3 Å². The van der Waals surface area contributed by atoms with Gasteiger partial charge in [0.15, 0.2) is 0 Å². The predicted octanol–water partition coefficient (Wildman–Crippen LogP) is 6.42. The molecule has 3 aliphatic carbocycles. The fourth-order valence-electron chi connectivity index (χ4n) is 4.50. The number of rotatable bonds is 0. The fourth-order valence-corrected chi connectivity index (χ4v) is 7.03. The lowest BCUT2D eigenvalue weighted by atomic mass is 9.58. The van der Waals surface area contributed by atoms with E-state index in [1.807, 2.05) is 12.1 Å². The van der Waals surface area contributed by atoms with Crippen molar-refractivity contribution in [3.05, 3.63) is 38.5 Å². The average molecular weight is 373 g/mol. The highest BCUT2D eigenvalue weighted by Gasteiger charge is 2.45. The zero-order valence-electron chi connectivity index (χ0n) is 13.3. The maximum atomic E-state index is 11.1. The number of hydrogen-bond acceptors (Lipinski definition) is 5. The first kappa shape index (κ1) is 14.9. The Morgan fingerprint density at radius 2 is 1.58 bits per heavy atom. The van der Waals surface area contributed by atoms with Crippen molar-refractivity contribution in [1.82, 2.24) is 0 Å². The van der Waals surface area contributed by atoms with Crippen LogP contribution in [0.5, 0.6) is 11.5 Å². The Kier molecular flexibility index (Phi) is 2.85. The Morgan fingerprint density at radius 1 is 1.00 bits per heavy atom. The van der Waals surface area contributed by atoms with Gasteiger partial charge in [-0.25, -0.2) is 0 Å². The van der Waals surface area contributed by atoms with Gasteiger partial charge in [-0.05, 0) is 24.0 Å². The molecule has 2 bridgehead atoms. The number of aromatic hydroxyl groups is 2. The third kappa shape index (κ3) is 1.78. The number of fused-ring (bicyclic) bond motifs is 3. The highest BCUT2D eigenvalue weighted by Crippen LogP contribution is 2.61. The molecule has 0 fully saturated rings. The minimum absolute atomic E-state index is 0.0902. The SMILES string of the molecule is CC1(C)CC2C=CC1c1c2c(O)c2cc3sc(=S)sc3cc2c1O. The number of phenols is 2. The molecule has 0 amide bonds. The molecule has 2 unspecified atom stereocenters. The molecule has 1 aromatic heterocycles. The van der Waals surface area contributed by atoms with Crippen molar-refractivity contribution in [2.75, 3.05) is 0 Å². The van der Waals surface area contributed by atoms with Crippen molar-refractivity contribution in [3.8, 4) is 11.5 Å². The second kappa shape index (κ2) is 4.59. The third-order valence-corrected chi connectivity index (χ3v) is 8.16. The molecule has 3 aliphatic rings. The Hall–Kier alpha value is -1.43. The molecule has 6 rings (SSSR count). The maximum absolute atomic E-state index is 11.1. The van der Waals surface area contributed by atoms with Gasteiger partial charge in [0.05, 0.1) is 0 Å². The van der Waals surface area contributed by atoms with E-state index in [4.69, 9.17) is 12.2 Å². The van der Waals surface area contributed by atoms with Crippen molar-refractivity contribution in [1.29, 1.82) is 0 Å². The van der Waals surface area contributed by atoms with Gasteiger partial charge in [-0.2, -0.15) is 0 Å². The number of phenolic OH excluding ortho intramolecular Hbond substituents is 2. The molecule has 2 nitrogen and oxygen atoms in total. The van der Waals surface area contributed by atoms with Gasteiger partial charge >= 0.3 is 0 Å². The van der Waals surface area contributed by atoms with Crippen LogP contribution in [-0.2, 0) is 0 Å². The topological polar surface area (TPSA) is 40.5 Å². The zero-order chi connectivity index (χ0) is 16.8. The van der Waals surface area contributed by atoms with Crippen molar-refractivity contribution in [2.24, 2.45) is 5.41 Å². The molecule has 122 valence electrons. The molecule has 1 heterocycles. The Balaban J connectivity index is 1.95. The van der Waals surface area contributed by atoms with Gasteiger partial charge in [-0.15, -0.1) is 22.7 Å². The molecule has 0 radical (unpaired) electrons. The summed E-state index contributed by atoms with van der Waals surface area (Å²) < 4.78 is 3.01. The molecule has 0 aliphatic heterocycles. The van der Waals surface area contributed by atoms with Gasteiger partial charge in [-0.1, -0.05) is 38.2 Å². The number of allylic oxidation sites excluding steroid dienone is 2. The van der Waals surface area contributed by atoms with Crippen LogP contribution < -0.4 is 0 Å². The van der Waals surface area contributed by atoms with Crippen molar-refractivity contribution >= 4 is 55.1 Å². The van der Waals surface area contributed by atoms with Crippen molar-refractivity contribution < 1.29 is 10.2 Å². The zero-order valence-corrected chi connectivity index (χ0v) is 15.7. The maximum Gasteiger partial charge on any atom is 0.144 e. The van der Waals surface area contributed by atoms with E-state index in [9.17, 15) is 10.2 Å². The summed E-state index contributed by atoms with van der Waals surface area (Å²) in [6.07, 6.45) is 5.39. The highest BCUT2D eigenvalue weighted by atomic mass is 32.2. The third-order valence-electron chi connectivity index (χ3n) is 5.59. The van der Waals surface area contributed by atoms with Crippen LogP contribution in [0.25, 0.3) is 20.2 Å². The monoisotopic (exact) mass is 372 g/mol. The molecule has 0 saturated heterocycles. The minimum atomic E-state index is 0.0902. The fraction of sp³-hybridized carbons (Fsp3) is 0.316. The van der Waals surface area contributed by atoms with E-state index >= 15 is 0 Å². The molecule has 0 saturated carbocycles. The lowest BCUT2D eigenvalue weighted by molar-refractivity contribution is 0.243. The van der Waals surface area contributed by atoms with Crippen LogP contribution in [-0.4, -0.2) is 10.2 Å². The van der Waals surface area contributed by atoms with Crippen molar-refractivity contribution in [3.63, 3.8) is 0 Å². The van der Waals surface area contributed by atoms with E-state index in [2.05, 4.69) is 26.0 Å². The molecule has 0 spiro atoms. The second-order valence-corrected chi connectivity index (χ2v) is 10.8. The summed E-state index contributed by atoms with van der Waals surface area (Å²) >= 11 is 8.43. The summed E-state index contributed by atoms with van der Waals surface area (Å²) in [7, 11) is 0. The Morgan fingerprint density at radius 3 is 2.17 bits per heavy atom. The van der Waals surface area contributed by atoms with Crippen LogP contribution in [0.3, 0.4) is 0 Å². The first-order valence-electron chi connectivity index (χ1n) is 8.00. The Bertz CT molecular complexity index is 1120. The lowest BCUT2D eigenvalue weighted by Gasteiger charge is -2.46. The van der Waals surface area contributed by atoms with E-state index in [0.717, 1.165) is 40.9 Å². The number of hydrogen-bond donors (Lipinski definition) is 2. The molecule has 3 aromatic rings. The van der Waals surface area contributed by atoms with Gasteiger partial charge in [0.1, 0.15) is 14.6 Å². The first-order chi connectivity index (χ1) is 11.4. The molecule has 2 aromatic carbocycles. The molecule has 5 heteroatoms. The summed E-state index contributed by atoms with van der Waals surface area (Å²) in [4.78, 5) is 0. The molecule has 2 atom stereocenters. The lowest BCUT2D eigenvalue weighted by Crippen LogP contribution is -2.32. The van der Waals surface area contributed by atoms with Gasteiger partial charge < -0.3 is 10.2 Å². The predicted molar refractivity (Wildman–Crippen MR) is 104 cm³/mol.